The van der Waals surface area contributed by atoms with Gasteiger partial charge < -0.3 is 0 Å². The van der Waals surface area contributed by atoms with Gasteiger partial charge in [0.05, 0.1) is 10.3 Å². The van der Waals surface area contributed by atoms with E-state index < -0.39 is 15.8 Å². The first kappa shape index (κ1) is 15.7. The van der Waals surface area contributed by atoms with Crippen molar-refractivity contribution in [3.63, 3.8) is 0 Å². The molecule has 4 nitrogen and oxygen atoms in total. The number of nitrogens with one attached hydrogen (secondary N) is 1. The van der Waals surface area contributed by atoms with E-state index in [1.807, 2.05) is 4.90 Å². The summed E-state index contributed by atoms with van der Waals surface area (Å²) in [6.07, 6.45) is 0.603. The van der Waals surface area contributed by atoms with Crippen molar-refractivity contribution < 1.29 is 12.8 Å². The van der Waals surface area contributed by atoms with Crippen molar-refractivity contribution in [3.8, 4) is 0 Å². The van der Waals surface area contributed by atoms with E-state index in [4.69, 9.17) is 11.6 Å². The standard InChI is InChI=1S/C13H18ClFN2O2S/c1-2-16-20(18,19)11-5-6-17(9-11)8-10-3-4-12(14)13(15)7-10/h3-4,7,11,16H,2,5-6,8-9H2,1H3/t11-/m0/s1. The maximum absolute atomic E-state index is 13.4. The molecule has 0 amide bonds. The average Bonchev–Trinajstić information content (AvgIpc) is 2.83. The van der Waals surface area contributed by atoms with Crippen molar-refractivity contribution in [2.24, 2.45) is 0 Å². The van der Waals surface area contributed by atoms with Crippen LogP contribution in [0.1, 0.15) is 18.9 Å². The summed E-state index contributed by atoms with van der Waals surface area (Å²) in [6, 6.07) is 4.68. The van der Waals surface area contributed by atoms with Crippen molar-refractivity contribution in [1.29, 1.82) is 0 Å². The monoisotopic (exact) mass is 320 g/mol. The topological polar surface area (TPSA) is 49.4 Å². The molecule has 0 unspecified atom stereocenters. The van der Waals surface area contributed by atoms with Gasteiger partial charge in [-0.05, 0) is 30.7 Å². The quantitative estimate of drug-likeness (QED) is 0.902. The summed E-state index contributed by atoms with van der Waals surface area (Å²) >= 11 is 5.64. The molecule has 1 N–H and O–H groups in total. The van der Waals surface area contributed by atoms with Crippen LogP contribution in [0.25, 0.3) is 0 Å². The first-order valence-electron chi connectivity index (χ1n) is 6.57. The third-order valence-electron chi connectivity index (χ3n) is 3.40. The number of benzene rings is 1. The van der Waals surface area contributed by atoms with Gasteiger partial charge in [0.25, 0.3) is 0 Å². The number of sulfonamides is 1. The Morgan fingerprint density at radius 2 is 2.25 bits per heavy atom. The van der Waals surface area contributed by atoms with E-state index in [0.29, 0.717) is 32.6 Å². The summed E-state index contributed by atoms with van der Waals surface area (Å²) in [7, 11) is -3.24. The molecule has 1 fully saturated rings. The molecule has 0 saturated carbocycles. The predicted molar refractivity (Wildman–Crippen MR) is 77.7 cm³/mol. The molecule has 1 aliphatic rings. The van der Waals surface area contributed by atoms with Crippen LogP contribution in [0.2, 0.25) is 5.02 Å². The Morgan fingerprint density at radius 1 is 1.50 bits per heavy atom. The molecule has 1 aromatic rings. The highest BCUT2D eigenvalue weighted by molar-refractivity contribution is 7.90. The number of likely N-dealkylation sites (tertiary alicyclic amines) is 1. The van der Waals surface area contributed by atoms with Gasteiger partial charge in [0.2, 0.25) is 10.0 Å². The molecule has 20 heavy (non-hydrogen) atoms. The zero-order chi connectivity index (χ0) is 14.8. The highest BCUT2D eigenvalue weighted by Crippen LogP contribution is 2.21. The molecule has 7 heteroatoms. The lowest BCUT2D eigenvalue weighted by molar-refractivity contribution is 0.330. The Morgan fingerprint density at radius 3 is 2.90 bits per heavy atom. The van der Waals surface area contributed by atoms with Crippen LogP contribution >= 0.6 is 11.6 Å². The summed E-state index contributed by atoms with van der Waals surface area (Å²) in [5.74, 6) is -0.444. The smallest absolute Gasteiger partial charge is 0.215 e. The number of halogens is 2. The molecule has 0 radical (unpaired) electrons. The van der Waals surface area contributed by atoms with Crippen LogP contribution in [0.5, 0.6) is 0 Å². The van der Waals surface area contributed by atoms with Gasteiger partial charge in [-0.2, -0.15) is 0 Å². The molecule has 1 saturated heterocycles. The molecular formula is C13H18ClFN2O2S. The fraction of sp³-hybridized carbons (Fsp3) is 0.538. The first-order valence-corrected chi connectivity index (χ1v) is 8.49. The minimum Gasteiger partial charge on any atom is -0.298 e. The Labute approximate surface area is 124 Å². The lowest BCUT2D eigenvalue weighted by atomic mass is 10.2. The second-order valence-corrected chi connectivity index (χ2v) is 7.39. The number of nitrogens with zero attached hydrogens (tertiary/aromatic N) is 1. The number of rotatable bonds is 5. The molecule has 0 bridgehead atoms. The maximum atomic E-state index is 13.4. The van der Waals surface area contributed by atoms with Crippen LogP contribution in [0.4, 0.5) is 4.39 Å². The third-order valence-corrected chi connectivity index (χ3v) is 5.66. The van der Waals surface area contributed by atoms with E-state index in [-0.39, 0.29) is 10.3 Å². The molecule has 1 atom stereocenters. The van der Waals surface area contributed by atoms with Crippen LogP contribution in [0.15, 0.2) is 18.2 Å². The molecule has 0 aliphatic carbocycles. The first-order chi connectivity index (χ1) is 9.42. The Kier molecular flexibility index (Phi) is 5.01. The lowest BCUT2D eigenvalue weighted by Gasteiger charge is -2.16. The number of hydrogen-bond donors (Lipinski definition) is 1. The van der Waals surface area contributed by atoms with Gasteiger partial charge in [-0.25, -0.2) is 17.5 Å². The van der Waals surface area contributed by atoms with Gasteiger partial charge in [-0.1, -0.05) is 24.6 Å². The second-order valence-electron chi connectivity index (χ2n) is 4.94. The van der Waals surface area contributed by atoms with Crippen LogP contribution in [0.3, 0.4) is 0 Å². The summed E-state index contributed by atoms with van der Waals surface area (Å²) in [5, 5.41) is -0.289. The highest BCUT2D eigenvalue weighted by atomic mass is 35.5. The summed E-state index contributed by atoms with van der Waals surface area (Å²) < 4.78 is 39.7. The Hall–Kier alpha value is -0.690. The van der Waals surface area contributed by atoms with Crippen molar-refractivity contribution >= 4 is 21.6 Å². The van der Waals surface area contributed by atoms with Gasteiger partial charge in [0.15, 0.2) is 0 Å². The van der Waals surface area contributed by atoms with Gasteiger partial charge in [-0.15, -0.1) is 0 Å². The van der Waals surface area contributed by atoms with E-state index in [0.717, 1.165) is 5.56 Å². The molecule has 1 heterocycles. The molecule has 112 valence electrons. The molecule has 1 aliphatic heterocycles. The van der Waals surface area contributed by atoms with E-state index >= 15 is 0 Å². The lowest BCUT2D eigenvalue weighted by Crippen LogP contribution is -2.36. The summed E-state index contributed by atoms with van der Waals surface area (Å²) in [4.78, 5) is 2.02. The zero-order valence-corrected chi connectivity index (χ0v) is 12.8. The predicted octanol–water partition coefficient (Wildman–Crippen LogP) is 1.99. The normalized spacial score (nSPS) is 20.4. The van der Waals surface area contributed by atoms with Gasteiger partial charge in [-0.3, -0.25) is 4.90 Å². The van der Waals surface area contributed by atoms with Crippen molar-refractivity contribution in [1.82, 2.24) is 9.62 Å². The summed E-state index contributed by atoms with van der Waals surface area (Å²) in [6.45, 7) is 3.87. The molecule has 2 rings (SSSR count). The molecule has 1 aromatic carbocycles. The van der Waals surface area contributed by atoms with E-state index in [1.165, 1.54) is 12.1 Å². The molecule has 0 spiro atoms. The van der Waals surface area contributed by atoms with Gasteiger partial charge >= 0.3 is 0 Å². The van der Waals surface area contributed by atoms with Crippen LogP contribution in [0, 0.1) is 5.82 Å². The van der Waals surface area contributed by atoms with Crippen LogP contribution in [-0.2, 0) is 16.6 Å². The second kappa shape index (κ2) is 6.39. The minimum atomic E-state index is -3.24. The third kappa shape index (κ3) is 3.69. The fourth-order valence-electron chi connectivity index (χ4n) is 2.41. The van der Waals surface area contributed by atoms with E-state index in [2.05, 4.69) is 4.72 Å². The maximum Gasteiger partial charge on any atom is 0.215 e. The largest absolute Gasteiger partial charge is 0.298 e. The van der Waals surface area contributed by atoms with Crippen LogP contribution in [-0.4, -0.2) is 38.2 Å². The average molecular weight is 321 g/mol. The highest BCUT2D eigenvalue weighted by Gasteiger charge is 2.32. The van der Waals surface area contributed by atoms with Crippen LogP contribution < -0.4 is 4.72 Å². The van der Waals surface area contributed by atoms with Gasteiger partial charge in [0, 0.05) is 19.6 Å². The zero-order valence-electron chi connectivity index (χ0n) is 11.3. The van der Waals surface area contributed by atoms with Crippen molar-refractivity contribution in [2.45, 2.75) is 25.1 Å². The Bertz CT molecular complexity index is 580. The van der Waals surface area contributed by atoms with Crippen molar-refractivity contribution in [3.05, 3.63) is 34.6 Å². The fourth-order valence-corrected chi connectivity index (χ4v) is 3.99. The van der Waals surface area contributed by atoms with E-state index in [9.17, 15) is 12.8 Å². The SMILES string of the molecule is CCNS(=O)(=O)[C@H]1CCN(Cc2ccc(Cl)c(F)c2)C1. The minimum absolute atomic E-state index is 0.0998. The van der Waals surface area contributed by atoms with Crippen molar-refractivity contribution in [2.75, 3.05) is 19.6 Å². The molecule has 0 aromatic heterocycles. The number of hydrogen-bond acceptors (Lipinski definition) is 3. The van der Waals surface area contributed by atoms with Gasteiger partial charge in [0.1, 0.15) is 5.82 Å². The van der Waals surface area contributed by atoms with E-state index in [1.54, 1.807) is 13.0 Å². The summed E-state index contributed by atoms with van der Waals surface area (Å²) in [5.41, 5.74) is 0.799. The Balaban J connectivity index is 1.98. The molecular weight excluding hydrogens is 303 g/mol.